The molecule has 0 unspecified atom stereocenters. The number of hydrogen-bond donors (Lipinski definition) is 1. The van der Waals surface area contributed by atoms with Gasteiger partial charge in [-0.05, 0) is 79.9 Å². The van der Waals surface area contributed by atoms with Crippen LogP contribution in [-0.2, 0) is 10.0 Å². The highest BCUT2D eigenvalue weighted by Gasteiger charge is 2.25. The third kappa shape index (κ3) is 5.27. The molecule has 1 amide bonds. The number of ether oxygens (including phenoxy) is 1. The fraction of sp³-hybridized carbons (Fsp3) is 0.296. The van der Waals surface area contributed by atoms with E-state index >= 15 is 0 Å². The molecule has 184 valence electrons. The maximum atomic E-state index is 13.2. The minimum atomic E-state index is -3.86. The molecule has 1 fully saturated rings. The predicted molar refractivity (Wildman–Crippen MR) is 139 cm³/mol. The minimum absolute atomic E-state index is 0.112. The van der Waals surface area contributed by atoms with Crippen molar-refractivity contribution in [3.8, 4) is 5.75 Å². The molecular weight excluding hydrogens is 462 g/mol. The number of carbonyl (C=O) groups is 1. The van der Waals surface area contributed by atoms with Gasteiger partial charge in [-0.3, -0.25) is 9.52 Å². The summed E-state index contributed by atoms with van der Waals surface area (Å²) in [5.74, 6) is 0.641. The fourth-order valence-electron chi connectivity index (χ4n) is 4.23. The van der Waals surface area contributed by atoms with Crippen molar-refractivity contribution < 1.29 is 17.9 Å². The first-order chi connectivity index (χ1) is 16.7. The van der Waals surface area contributed by atoms with Gasteiger partial charge in [-0.15, -0.1) is 0 Å². The third-order valence-corrected chi connectivity index (χ3v) is 8.09. The van der Waals surface area contributed by atoms with Gasteiger partial charge in [-0.1, -0.05) is 18.2 Å². The van der Waals surface area contributed by atoms with Crippen molar-refractivity contribution >= 4 is 27.3 Å². The standard InChI is InChI=1S/C27H31N3O4S/c1-19-6-5-7-25(21(19)3)28-35(32,33)26-18-22(9-8-20(26)2)27(31)30-16-14-29(15-17-30)23-10-12-24(34-4)13-11-23/h5-13,18,28H,14-17H2,1-4H3. The van der Waals surface area contributed by atoms with Crippen LogP contribution in [0.15, 0.2) is 65.6 Å². The number of benzene rings is 3. The van der Waals surface area contributed by atoms with Crippen molar-refractivity contribution in [2.75, 3.05) is 42.9 Å². The van der Waals surface area contributed by atoms with Gasteiger partial charge in [-0.2, -0.15) is 0 Å². The summed E-state index contributed by atoms with van der Waals surface area (Å²) in [7, 11) is -2.22. The van der Waals surface area contributed by atoms with Crippen LogP contribution < -0.4 is 14.4 Å². The molecule has 3 aromatic rings. The van der Waals surface area contributed by atoms with E-state index in [9.17, 15) is 13.2 Å². The van der Waals surface area contributed by atoms with Gasteiger partial charge >= 0.3 is 0 Å². The van der Waals surface area contributed by atoms with E-state index in [0.717, 1.165) is 22.6 Å². The lowest BCUT2D eigenvalue weighted by Crippen LogP contribution is -2.48. The number of methoxy groups -OCH3 is 1. The second kappa shape index (κ2) is 10.00. The molecule has 8 heteroatoms. The summed E-state index contributed by atoms with van der Waals surface area (Å²) in [6.45, 7) is 8.06. The second-order valence-corrected chi connectivity index (χ2v) is 10.5. The van der Waals surface area contributed by atoms with E-state index < -0.39 is 10.0 Å². The normalized spacial score (nSPS) is 14.1. The summed E-state index contributed by atoms with van der Waals surface area (Å²) in [4.78, 5) is 17.4. The van der Waals surface area contributed by atoms with Gasteiger partial charge < -0.3 is 14.5 Å². The lowest BCUT2D eigenvalue weighted by molar-refractivity contribution is 0.0746. The van der Waals surface area contributed by atoms with E-state index in [1.807, 2.05) is 50.2 Å². The summed E-state index contributed by atoms with van der Waals surface area (Å²) in [5.41, 5.74) is 4.45. The highest BCUT2D eigenvalue weighted by Crippen LogP contribution is 2.26. The molecule has 1 heterocycles. The average molecular weight is 494 g/mol. The SMILES string of the molecule is COc1ccc(N2CCN(C(=O)c3ccc(C)c(S(=O)(=O)Nc4cccc(C)c4C)c3)CC2)cc1. The number of aryl methyl sites for hydroxylation is 2. The first-order valence-electron chi connectivity index (χ1n) is 11.6. The Balaban J connectivity index is 1.49. The first kappa shape index (κ1) is 24.6. The van der Waals surface area contributed by atoms with E-state index in [4.69, 9.17) is 4.74 Å². The number of sulfonamides is 1. The Hall–Kier alpha value is -3.52. The highest BCUT2D eigenvalue weighted by atomic mass is 32.2. The summed E-state index contributed by atoms with van der Waals surface area (Å²) in [6.07, 6.45) is 0. The van der Waals surface area contributed by atoms with Crippen molar-refractivity contribution in [2.24, 2.45) is 0 Å². The van der Waals surface area contributed by atoms with Gasteiger partial charge in [0.2, 0.25) is 0 Å². The Morgan fingerprint density at radius 2 is 1.57 bits per heavy atom. The monoisotopic (exact) mass is 493 g/mol. The zero-order valence-corrected chi connectivity index (χ0v) is 21.4. The van der Waals surface area contributed by atoms with Crippen LogP contribution in [0.5, 0.6) is 5.75 Å². The number of hydrogen-bond acceptors (Lipinski definition) is 5. The molecule has 4 rings (SSSR count). The molecule has 1 aliphatic rings. The number of piperazine rings is 1. The topological polar surface area (TPSA) is 79.0 Å². The third-order valence-electron chi connectivity index (χ3n) is 6.58. The lowest BCUT2D eigenvalue weighted by Gasteiger charge is -2.36. The van der Waals surface area contributed by atoms with Gasteiger partial charge in [0, 0.05) is 37.4 Å². The minimum Gasteiger partial charge on any atom is -0.497 e. The molecule has 0 aliphatic carbocycles. The molecule has 0 atom stereocenters. The fourth-order valence-corrected chi connectivity index (χ4v) is 5.62. The van der Waals surface area contributed by atoms with Crippen LogP contribution >= 0.6 is 0 Å². The van der Waals surface area contributed by atoms with Crippen LogP contribution in [0, 0.1) is 20.8 Å². The van der Waals surface area contributed by atoms with E-state index in [0.29, 0.717) is 43.0 Å². The summed E-state index contributed by atoms with van der Waals surface area (Å²) < 4.78 is 34.4. The Kier molecular flexibility index (Phi) is 7.03. The largest absolute Gasteiger partial charge is 0.497 e. The zero-order chi connectivity index (χ0) is 25.2. The molecule has 1 aliphatic heterocycles. The maximum Gasteiger partial charge on any atom is 0.262 e. The number of rotatable bonds is 6. The molecule has 0 bridgehead atoms. The number of anilines is 2. The van der Waals surface area contributed by atoms with Crippen LogP contribution in [0.2, 0.25) is 0 Å². The van der Waals surface area contributed by atoms with Crippen molar-refractivity contribution in [3.63, 3.8) is 0 Å². The summed E-state index contributed by atoms with van der Waals surface area (Å²) in [6, 6.07) is 18.2. The highest BCUT2D eigenvalue weighted by molar-refractivity contribution is 7.92. The van der Waals surface area contributed by atoms with E-state index in [1.165, 1.54) is 6.07 Å². The predicted octanol–water partition coefficient (Wildman–Crippen LogP) is 4.38. The summed E-state index contributed by atoms with van der Waals surface area (Å²) in [5, 5.41) is 0. The van der Waals surface area contributed by atoms with Crippen LogP contribution in [-0.4, -0.2) is 52.5 Å². The Bertz CT molecular complexity index is 1330. The quantitative estimate of drug-likeness (QED) is 0.551. The molecule has 3 aromatic carbocycles. The van der Waals surface area contributed by atoms with E-state index in [1.54, 1.807) is 37.1 Å². The molecular formula is C27H31N3O4S. The van der Waals surface area contributed by atoms with Crippen LogP contribution in [0.3, 0.4) is 0 Å². The molecule has 7 nitrogen and oxygen atoms in total. The van der Waals surface area contributed by atoms with Gasteiger partial charge in [0.25, 0.3) is 15.9 Å². The molecule has 0 aromatic heterocycles. The number of amides is 1. The molecule has 1 N–H and O–H groups in total. The van der Waals surface area contributed by atoms with Crippen molar-refractivity contribution in [3.05, 3.63) is 82.9 Å². The molecule has 0 spiro atoms. The van der Waals surface area contributed by atoms with Gasteiger partial charge in [0.1, 0.15) is 5.75 Å². The molecule has 0 radical (unpaired) electrons. The first-order valence-corrected chi connectivity index (χ1v) is 13.1. The Labute approximate surface area is 207 Å². The zero-order valence-electron chi connectivity index (χ0n) is 20.5. The number of carbonyl (C=O) groups excluding carboxylic acids is 1. The van der Waals surface area contributed by atoms with Crippen LogP contribution in [0.25, 0.3) is 0 Å². The van der Waals surface area contributed by atoms with E-state index in [2.05, 4.69) is 9.62 Å². The second-order valence-electron chi connectivity index (χ2n) is 8.81. The van der Waals surface area contributed by atoms with Crippen molar-refractivity contribution in [2.45, 2.75) is 25.7 Å². The number of nitrogens with zero attached hydrogens (tertiary/aromatic N) is 2. The Morgan fingerprint density at radius 3 is 2.23 bits per heavy atom. The van der Waals surface area contributed by atoms with Crippen molar-refractivity contribution in [1.29, 1.82) is 0 Å². The maximum absolute atomic E-state index is 13.2. The number of nitrogens with one attached hydrogen (secondary N) is 1. The van der Waals surface area contributed by atoms with Crippen molar-refractivity contribution in [1.82, 2.24) is 4.90 Å². The van der Waals surface area contributed by atoms with Gasteiger partial charge in [0.15, 0.2) is 0 Å². The molecule has 1 saturated heterocycles. The smallest absolute Gasteiger partial charge is 0.262 e. The van der Waals surface area contributed by atoms with Gasteiger partial charge in [0.05, 0.1) is 17.7 Å². The van der Waals surface area contributed by atoms with Crippen LogP contribution in [0.4, 0.5) is 11.4 Å². The van der Waals surface area contributed by atoms with Crippen LogP contribution in [0.1, 0.15) is 27.0 Å². The Morgan fingerprint density at radius 1 is 0.886 bits per heavy atom. The average Bonchev–Trinajstić information content (AvgIpc) is 2.86. The van der Waals surface area contributed by atoms with Gasteiger partial charge in [-0.25, -0.2) is 8.42 Å². The summed E-state index contributed by atoms with van der Waals surface area (Å²) >= 11 is 0. The lowest BCUT2D eigenvalue weighted by atomic mass is 10.1. The molecule has 0 saturated carbocycles. The van der Waals surface area contributed by atoms with E-state index in [-0.39, 0.29) is 10.8 Å². The molecule has 35 heavy (non-hydrogen) atoms.